The van der Waals surface area contributed by atoms with Crippen LogP contribution in [0.25, 0.3) is 11.0 Å². The fourth-order valence-electron chi connectivity index (χ4n) is 1.88. The molecule has 0 saturated heterocycles. The highest BCUT2D eigenvalue weighted by Gasteiger charge is 2.07. The second-order valence-electron chi connectivity index (χ2n) is 5.21. The lowest BCUT2D eigenvalue weighted by molar-refractivity contribution is 0.177. The highest BCUT2D eigenvalue weighted by Crippen LogP contribution is 2.17. The molecule has 0 spiro atoms. The largest absolute Gasteiger partial charge is 0.501 e. The molecule has 5 nitrogen and oxygen atoms in total. The van der Waals surface area contributed by atoms with Crippen LogP contribution in [0.3, 0.4) is 0 Å². The van der Waals surface area contributed by atoms with Gasteiger partial charge in [-0.15, -0.1) is 0 Å². The van der Waals surface area contributed by atoms with Crippen molar-refractivity contribution < 1.29 is 9.47 Å². The highest BCUT2D eigenvalue weighted by molar-refractivity contribution is 5.80. The Morgan fingerprint density at radius 1 is 1.14 bits per heavy atom. The normalized spacial score (nSPS) is 11.1. The fraction of sp³-hybridized carbons (Fsp3) is 0.529. The van der Waals surface area contributed by atoms with Gasteiger partial charge < -0.3 is 9.47 Å². The van der Waals surface area contributed by atoms with Gasteiger partial charge in [-0.2, -0.15) is 15.0 Å². The van der Waals surface area contributed by atoms with Crippen LogP contribution in [0.5, 0.6) is 0 Å². The molecule has 0 fully saturated rings. The van der Waals surface area contributed by atoms with Gasteiger partial charge in [0.25, 0.3) is 0 Å². The summed E-state index contributed by atoms with van der Waals surface area (Å²) in [4.78, 5) is 1.69. The SMILES string of the molecule is CCC.COC=C(C)OCCn1nc2c(C)ccc(C)c2n1. The number of ether oxygens (including phenoxy) is 2. The van der Waals surface area contributed by atoms with Crippen LogP contribution in [-0.4, -0.2) is 28.7 Å². The summed E-state index contributed by atoms with van der Waals surface area (Å²) in [6.45, 7) is 11.3. The second kappa shape index (κ2) is 9.07. The minimum atomic E-state index is 0.519. The molecule has 0 amide bonds. The van der Waals surface area contributed by atoms with Gasteiger partial charge in [0.1, 0.15) is 29.7 Å². The molecule has 0 aliphatic heterocycles. The highest BCUT2D eigenvalue weighted by atomic mass is 16.5. The van der Waals surface area contributed by atoms with E-state index in [0.717, 1.165) is 27.9 Å². The predicted molar refractivity (Wildman–Crippen MR) is 89.7 cm³/mol. The van der Waals surface area contributed by atoms with Gasteiger partial charge in [0.15, 0.2) is 0 Å². The molecule has 5 heteroatoms. The third-order valence-electron chi connectivity index (χ3n) is 2.89. The van der Waals surface area contributed by atoms with Crippen molar-refractivity contribution in [3.8, 4) is 0 Å². The van der Waals surface area contributed by atoms with Gasteiger partial charge in [0.05, 0.1) is 13.7 Å². The predicted octanol–water partition coefficient (Wildman–Crippen LogP) is 3.99. The maximum Gasteiger partial charge on any atom is 0.127 e. The first-order valence-corrected chi connectivity index (χ1v) is 7.66. The maximum absolute atomic E-state index is 5.48. The van der Waals surface area contributed by atoms with E-state index in [9.17, 15) is 0 Å². The van der Waals surface area contributed by atoms with E-state index in [1.54, 1.807) is 18.2 Å². The summed E-state index contributed by atoms with van der Waals surface area (Å²) in [5, 5.41) is 8.98. The Balaban J connectivity index is 0.000000745. The Kier molecular flexibility index (Phi) is 7.43. The van der Waals surface area contributed by atoms with Crippen molar-refractivity contribution in [1.82, 2.24) is 15.0 Å². The Bertz CT molecular complexity index is 579. The van der Waals surface area contributed by atoms with E-state index in [1.165, 1.54) is 6.42 Å². The van der Waals surface area contributed by atoms with Crippen LogP contribution in [0.15, 0.2) is 24.2 Å². The smallest absolute Gasteiger partial charge is 0.127 e. The molecule has 122 valence electrons. The van der Waals surface area contributed by atoms with Crippen LogP contribution < -0.4 is 0 Å². The number of rotatable bonds is 5. The number of aromatic nitrogens is 3. The molecule has 0 radical (unpaired) electrons. The number of methoxy groups -OCH3 is 1. The topological polar surface area (TPSA) is 49.2 Å². The van der Waals surface area contributed by atoms with Gasteiger partial charge in [-0.1, -0.05) is 32.4 Å². The van der Waals surface area contributed by atoms with E-state index in [4.69, 9.17) is 9.47 Å². The van der Waals surface area contributed by atoms with Crippen LogP contribution in [-0.2, 0) is 16.0 Å². The lowest BCUT2D eigenvalue weighted by atomic mass is 10.1. The average Bonchev–Trinajstić information content (AvgIpc) is 2.90. The van der Waals surface area contributed by atoms with Gasteiger partial charge in [-0.05, 0) is 31.9 Å². The average molecular weight is 305 g/mol. The zero-order valence-corrected chi connectivity index (χ0v) is 14.5. The van der Waals surface area contributed by atoms with Gasteiger partial charge in [0, 0.05) is 0 Å². The number of aryl methyl sites for hydroxylation is 2. The molecule has 1 aromatic heterocycles. The van der Waals surface area contributed by atoms with Crippen molar-refractivity contribution in [2.75, 3.05) is 13.7 Å². The van der Waals surface area contributed by atoms with E-state index in [-0.39, 0.29) is 0 Å². The molecule has 0 bridgehead atoms. The van der Waals surface area contributed by atoms with E-state index in [2.05, 4.69) is 36.2 Å². The molecule has 1 heterocycles. The summed E-state index contributed by atoms with van der Waals surface area (Å²) in [6.07, 6.45) is 2.82. The van der Waals surface area contributed by atoms with Crippen molar-refractivity contribution in [3.05, 3.63) is 35.3 Å². The zero-order valence-electron chi connectivity index (χ0n) is 14.5. The molecule has 22 heavy (non-hydrogen) atoms. The summed E-state index contributed by atoms with van der Waals surface area (Å²) < 4.78 is 10.3. The molecule has 0 unspecified atom stereocenters. The minimum absolute atomic E-state index is 0.519. The van der Waals surface area contributed by atoms with Crippen LogP contribution in [0.2, 0.25) is 0 Å². The van der Waals surface area contributed by atoms with E-state index < -0.39 is 0 Å². The van der Waals surface area contributed by atoms with Crippen molar-refractivity contribution in [2.24, 2.45) is 0 Å². The van der Waals surface area contributed by atoms with Crippen LogP contribution in [0, 0.1) is 13.8 Å². The van der Waals surface area contributed by atoms with Crippen LogP contribution in [0.4, 0.5) is 0 Å². The van der Waals surface area contributed by atoms with E-state index >= 15 is 0 Å². The zero-order chi connectivity index (χ0) is 16.5. The molecule has 1 aromatic carbocycles. The third kappa shape index (κ3) is 5.06. The Hall–Kier alpha value is -2.04. The minimum Gasteiger partial charge on any atom is -0.501 e. The molecule has 0 saturated carbocycles. The first-order valence-electron chi connectivity index (χ1n) is 7.66. The molecule has 0 aliphatic rings. The molecule has 0 N–H and O–H groups in total. The number of hydrogen-bond donors (Lipinski definition) is 0. The Morgan fingerprint density at radius 2 is 1.64 bits per heavy atom. The van der Waals surface area contributed by atoms with Gasteiger partial charge in [-0.25, -0.2) is 0 Å². The third-order valence-corrected chi connectivity index (χ3v) is 2.89. The number of allylic oxidation sites excluding steroid dienone is 1. The van der Waals surface area contributed by atoms with Gasteiger partial charge >= 0.3 is 0 Å². The molecule has 0 atom stereocenters. The number of benzene rings is 1. The molecule has 2 rings (SSSR count). The van der Waals surface area contributed by atoms with Crippen LogP contribution >= 0.6 is 0 Å². The lowest BCUT2D eigenvalue weighted by Crippen LogP contribution is -2.08. The quantitative estimate of drug-likeness (QED) is 0.784. The Labute approximate surface area is 132 Å². The van der Waals surface area contributed by atoms with Crippen molar-refractivity contribution in [1.29, 1.82) is 0 Å². The number of fused-ring (bicyclic) bond motifs is 1. The van der Waals surface area contributed by atoms with Gasteiger partial charge in [0.2, 0.25) is 0 Å². The summed E-state index contributed by atoms with van der Waals surface area (Å²) in [7, 11) is 1.60. The standard InChI is InChI=1S/C14H19N3O2.C3H8/c1-10-5-6-11(2)14-13(10)15-17(16-14)7-8-19-12(3)9-18-4;1-3-2/h5-6,9H,7-8H2,1-4H3;3H2,1-2H3. The van der Waals surface area contributed by atoms with E-state index in [0.29, 0.717) is 13.2 Å². The first kappa shape index (κ1) is 18.0. The fourth-order valence-corrected chi connectivity index (χ4v) is 1.88. The monoisotopic (exact) mass is 305 g/mol. The second-order valence-corrected chi connectivity index (χ2v) is 5.21. The molecule has 0 aliphatic carbocycles. The van der Waals surface area contributed by atoms with Crippen molar-refractivity contribution in [3.63, 3.8) is 0 Å². The van der Waals surface area contributed by atoms with E-state index in [1.807, 2.05) is 20.8 Å². The van der Waals surface area contributed by atoms with Gasteiger partial charge in [-0.3, -0.25) is 0 Å². The summed E-state index contributed by atoms with van der Waals surface area (Å²) in [5.41, 5.74) is 4.21. The maximum atomic E-state index is 5.48. The summed E-state index contributed by atoms with van der Waals surface area (Å²) >= 11 is 0. The first-order chi connectivity index (χ1) is 10.5. The summed E-state index contributed by atoms with van der Waals surface area (Å²) in [6, 6.07) is 4.14. The molecular formula is C17H27N3O2. The Morgan fingerprint density at radius 3 is 2.09 bits per heavy atom. The van der Waals surface area contributed by atoms with Crippen molar-refractivity contribution >= 4 is 11.0 Å². The molecule has 2 aromatic rings. The molecular weight excluding hydrogens is 278 g/mol. The summed E-state index contributed by atoms with van der Waals surface area (Å²) in [5.74, 6) is 0.742. The van der Waals surface area contributed by atoms with Crippen molar-refractivity contribution in [2.45, 2.75) is 47.6 Å². The number of hydrogen-bond acceptors (Lipinski definition) is 4. The lowest BCUT2D eigenvalue weighted by Gasteiger charge is -2.04. The number of nitrogens with zero attached hydrogens (tertiary/aromatic N) is 3. The van der Waals surface area contributed by atoms with Crippen LogP contribution in [0.1, 0.15) is 38.3 Å².